The molecule has 0 aliphatic carbocycles. The van der Waals surface area contributed by atoms with Crippen LogP contribution in [-0.4, -0.2) is 40.4 Å². The van der Waals surface area contributed by atoms with Crippen LogP contribution in [0, 0.1) is 0 Å². The number of thiocarbonyl (C=S) groups is 1. The van der Waals surface area contributed by atoms with E-state index in [0.29, 0.717) is 25.0 Å². The average molecular weight is 452 g/mol. The molecule has 28 heavy (non-hydrogen) atoms. The van der Waals surface area contributed by atoms with Gasteiger partial charge in [0.15, 0.2) is 0 Å². The zero-order valence-electron chi connectivity index (χ0n) is 15.6. The largest absolute Gasteiger partial charge is 0.497 e. The molecule has 1 amide bonds. The summed E-state index contributed by atoms with van der Waals surface area (Å²) in [6, 6.07) is 5.85. The Morgan fingerprint density at radius 3 is 2.57 bits per heavy atom. The number of aromatic nitrogens is 1. The second-order valence-electron chi connectivity index (χ2n) is 6.15. The number of fused-ring (bicyclic) bond motifs is 1. The highest BCUT2D eigenvalue weighted by atomic mass is 32.2. The summed E-state index contributed by atoms with van der Waals surface area (Å²) < 4.78 is 8.65. The third-order valence-corrected chi connectivity index (χ3v) is 8.77. The van der Waals surface area contributed by atoms with Crippen LogP contribution >= 0.6 is 47.1 Å². The van der Waals surface area contributed by atoms with E-state index >= 15 is 0 Å². The van der Waals surface area contributed by atoms with Crippen LogP contribution in [-0.2, 0) is 11.8 Å². The van der Waals surface area contributed by atoms with Crippen LogP contribution in [0.25, 0.3) is 9.93 Å². The number of anilines is 1. The minimum atomic E-state index is -0.133. The third kappa shape index (κ3) is 2.90. The molecule has 4 rings (SSSR count). The summed E-state index contributed by atoms with van der Waals surface area (Å²) in [6.07, 6.45) is 0. The fourth-order valence-corrected chi connectivity index (χ4v) is 7.02. The first kappa shape index (κ1) is 19.6. The molecule has 0 bridgehead atoms. The number of nitrogens with zero attached hydrogens (tertiary/aromatic N) is 3. The van der Waals surface area contributed by atoms with Crippen molar-refractivity contribution in [2.24, 2.45) is 7.05 Å². The van der Waals surface area contributed by atoms with E-state index in [1.54, 1.807) is 35.4 Å². The van der Waals surface area contributed by atoms with Gasteiger partial charge in [-0.2, -0.15) is 0 Å². The Bertz CT molecular complexity index is 1200. The number of benzene rings is 1. The number of hydrogen-bond acceptors (Lipinski definition) is 8. The van der Waals surface area contributed by atoms with Gasteiger partial charge >= 0.3 is 0 Å². The normalized spacial score (nSPS) is 20.3. The van der Waals surface area contributed by atoms with E-state index in [1.807, 2.05) is 37.1 Å². The number of methoxy groups -OCH3 is 1. The van der Waals surface area contributed by atoms with Gasteiger partial charge in [-0.15, -0.1) is 11.3 Å². The topological polar surface area (TPSA) is 54.8 Å². The summed E-state index contributed by atoms with van der Waals surface area (Å²) in [5.41, 5.74) is 0.879. The predicted molar refractivity (Wildman–Crippen MR) is 120 cm³/mol. The molecule has 2 aliphatic heterocycles. The molecule has 1 aromatic carbocycles. The summed E-state index contributed by atoms with van der Waals surface area (Å²) in [7, 11) is 5.27. The number of carbonyl (C=O) groups is 1. The van der Waals surface area contributed by atoms with Crippen LogP contribution in [0.2, 0.25) is 0 Å². The number of amides is 1. The molecule has 0 unspecified atom stereocenters. The van der Waals surface area contributed by atoms with Crippen molar-refractivity contribution < 1.29 is 9.53 Å². The van der Waals surface area contributed by atoms with Crippen molar-refractivity contribution >= 4 is 72.9 Å². The fourth-order valence-electron chi connectivity index (χ4n) is 3.04. The standard InChI is InChI=1S/C18H17N3O3S4/c1-5-21-15(23)13(28-18(21)25)17-20(3)14(22)12(27-17)16-19(2)10-8-9(24-4)6-7-11(10)26-16/h6-8H,5H2,1-4H3/b16-12+,17-13+. The van der Waals surface area contributed by atoms with Gasteiger partial charge in [0.2, 0.25) is 0 Å². The van der Waals surface area contributed by atoms with E-state index in [4.69, 9.17) is 17.0 Å². The van der Waals surface area contributed by atoms with Crippen LogP contribution in [0.1, 0.15) is 6.92 Å². The fraction of sp³-hybridized carbons (Fsp3) is 0.278. The van der Waals surface area contributed by atoms with Crippen molar-refractivity contribution in [3.63, 3.8) is 0 Å². The van der Waals surface area contributed by atoms with E-state index in [0.717, 1.165) is 21.4 Å². The van der Waals surface area contributed by atoms with Crippen LogP contribution in [0.4, 0.5) is 5.69 Å². The molecule has 6 nitrogen and oxygen atoms in total. The van der Waals surface area contributed by atoms with Crippen molar-refractivity contribution in [3.8, 4) is 5.75 Å². The first-order chi connectivity index (χ1) is 13.4. The van der Waals surface area contributed by atoms with Gasteiger partial charge in [0.05, 0.1) is 12.8 Å². The van der Waals surface area contributed by atoms with Gasteiger partial charge < -0.3 is 14.2 Å². The van der Waals surface area contributed by atoms with E-state index in [-0.39, 0.29) is 11.5 Å². The average Bonchev–Trinajstić information content (AvgIpc) is 3.27. The molecular weight excluding hydrogens is 434 g/mol. The van der Waals surface area contributed by atoms with Crippen LogP contribution < -0.4 is 24.4 Å². The Morgan fingerprint density at radius 1 is 1.18 bits per heavy atom. The maximum atomic E-state index is 13.0. The van der Waals surface area contributed by atoms with Crippen LogP contribution in [0.3, 0.4) is 0 Å². The highest BCUT2D eigenvalue weighted by molar-refractivity contribution is 8.30. The third-order valence-electron chi connectivity index (χ3n) is 4.59. The summed E-state index contributed by atoms with van der Waals surface area (Å²) in [4.78, 5) is 30.8. The minimum Gasteiger partial charge on any atom is -0.497 e. The first-order valence-electron chi connectivity index (χ1n) is 8.45. The van der Waals surface area contributed by atoms with Crippen LogP contribution in [0.5, 0.6) is 5.75 Å². The van der Waals surface area contributed by atoms with Gasteiger partial charge in [-0.25, -0.2) is 0 Å². The molecule has 0 atom stereocenters. The Labute approximate surface area is 179 Å². The van der Waals surface area contributed by atoms with Crippen molar-refractivity contribution in [1.82, 2.24) is 9.47 Å². The monoisotopic (exact) mass is 451 g/mol. The Hall–Kier alpha value is -1.75. The zero-order chi connectivity index (χ0) is 20.2. The molecule has 2 aliphatic rings. The van der Waals surface area contributed by atoms with E-state index in [1.165, 1.54) is 23.1 Å². The Kier molecular flexibility index (Phi) is 5.07. The quantitative estimate of drug-likeness (QED) is 0.645. The maximum absolute atomic E-state index is 13.0. The van der Waals surface area contributed by atoms with Gasteiger partial charge in [0.25, 0.3) is 11.5 Å². The van der Waals surface area contributed by atoms with Crippen molar-refractivity contribution in [2.75, 3.05) is 25.6 Å². The number of thioether (sulfide) groups is 2. The Balaban J connectivity index is 1.92. The van der Waals surface area contributed by atoms with Gasteiger partial charge in [-0.1, -0.05) is 35.7 Å². The molecule has 0 radical (unpaired) electrons. The molecule has 0 N–H and O–H groups in total. The van der Waals surface area contributed by atoms with Crippen LogP contribution in [0.15, 0.2) is 27.9 Å². The molecule has 146 valence electrons. The van der Waals surface area contributed by atoms with E-state index in [9.17, 15) is 9.59 Å². The molecule has 1 saturated heterocycles. The van der Waals surface area contributed by atoms with Crippen molar-refractivity contribution in [2.45, 2.75) is 11.8 Å². The minimum absolute atomic E-state index is 0.115. The van der Waals surface area contributed by atoms with Gasteiger partial charge in [0, 0.05) is 31.6 Å². The van der Waals surface area contributed by atoms with Crippen molar-refractivity contribution in [3.05, 3.63) is 37.7 Å². The first-order valence-corrected chi connectivity index (χ1v) is 11.3. The smallest absolute Gasteiger partial charge is 0.271 e. The molecule has 0 spiro atoms. The SMILES string of the molecule is CCN1C(=O)/C(=c2\s/c(=C3/Sc4ccc(OC)cc4N3C)c(=O)n2C)SC1=S. The molecular formula is C18H17N3O3S4. The highest BCUT2D eigenvalue weighted by Crippen LogP contribution is 2.46. The van der Waals surface area contributed by atoms with E-state index in [2.05, 4.69) is 0 Å². The molecule has 0 saturated carbocycles. The molecule has 2 aromatic rings. The summed E-state index contributed by atoms with van der Waals surface area (Å²) in [5.74, 6) is 0.634. The van der Waals surface area contributed by atoms with Gasteiger partial charge in [-0.3, -0.25) is 14.5 Å². The maximum Gasteiger partial charge on any atom is 0.271 e. The number of hydrogen-bond donors (Lipinski definition) is 0. The van der Waals surface area contributed by atoms with Gasteiger partial charge in [0.1, 0.15) is 29.2 Å². The molecule has 1 aromatic heterocycles. The number of thiazole rings is 1. The second kappa shape index (κ2) is 7.25. The summed E-state index contributed by atoms with van der Waals surface area (Å²) in [5, 5.41) is 0.853. The highest BCUT2D eigenvalue weighted by Gasteiger charge is 2.33. The number of rotatable bonds is 2. The molecule has 1 fully saturated rings. The van der Waals surface area contributed by atoms with Crippen molar-refractivity contribution in [1.29, 1.82) is 0 Å². The lowest BCUT2D eigenvalue weighted by molar-refractivity contribution is -0.120. The van der Waals surface area contributed by atoms with E-state index < -0.39 is 0 Å². The second-order valence-corrected chi connectivity index (χ2v) is 9.82. The zero-order valence-corrected chi connectivity index (χ0v) is 18.9. The summed E-state index contributed by atoms with van der Waals surface area (Å²) in [6.45, 7) is 2.41. The lowest BCUT2D eigenvalue weighted by Gasteiger charge is -2.13. The predicted octanol–water partition coefficient (Wildman–Crippen LogP) is 1.75. The molecule has 10 heteroatoms. The Morgan fingerprint density at radius 2 is 1.93 bits per heavy atom. The lowest BCUT2D eigenvalue weighted by atomic mass is 10.3. The van der Waals surface area contributed by atoms with Gasteiger partial charge in [-0.05, 0) is 19.1 Å². The lowest BCUT2D eigenvalue weighted by Crippen LogP contribution is -2.33. The number of ether oxygens (including phenoxy) is 1. The summed E-state index contributed by atoms with van der Waals surface area (Å²) >= 11 is 9.46. The number of carbonyl (C=O) groups excluding carboxylic acids is 1. The molecule has 3 heterocycles.